The molecule has 2 heterocycles. The van der Waals surface area contributed by atoms with E-state index in [-0.39, 0.29) is 18.7 Å². The van der Waals surface area contributed by atoms with Crippen LogP contribution in [-0.2, 0) is 13.5 Å². The van der Waals surface area contributed by atoms with Gasteiger partial charge in [0.15, 0.2) is 0 Å². The predicted octanol–water partition coefficient (Wildman–Crippen LogP) is 0.746. The number of carbonyl (C=O) groups excluding carboxylic acids is 1. The number of hydrogen-bond acceptors (Lipinski definition) is 3. The molecule has 0 bridgehead atoms. The molecule has 6 nitrogen and oxygen atoms in total. The predicted molar refractivity (Wildman–Crippen MR) is 76.6 cm³/mol. The van der Waals surface area contributed by atoms with Gasteiger partial charge in [-0.1, -0.05) is 0 Å². The van der Waals surface area contributed by atoms with E-state index < -0.39 is 0 Å². The molecule has 0 aliphatic carbocycles. The molecule has 1 aliphatic heterocycles. The molecule has 0 radical (unpaired) electrons. The molecule has 0 saturated carbocycles. The van der Waals surface area contributed by atoms with Crippen molar-refractivity contribution in [2.75, 3.05) is 19.7 Å². The molecule has 1 aromatic heterocycles. The maximum absolute atomic E-state index is 12.1. The smallest absolute Gasteiger partial charge is 0.317 e. The maximum Gasteiger partial charge on any atom is 0.317 e. The number of nitrogens with one attached hydrogen (secondary N) is 1. The van der Waals surface area contributed by atoms with Crippen molar-refractivity contribution >= 4 is 6.03 Å². The average Bonchev–Trinajstić information content (AvgIpc) is 2.98. The topological polar surface area (TPSA) is 70.4 Å². The van der Waals surface area contributed by atoms with Crippen LogP contribution in [0.5, 0.6) is 0 Å². The van der Waals surface area contributed by atoms with Crippen LogP contribution in [0.1, 0.15) is 29.8 Å². The first-order chi connectivity index (χ1) is 9.54. The van der Waals surface area contributed by atoms with Gasteiger partial charge in [-0.15, -0.1) is 0 Å². The van der Waals surface area contributed by atoms with Gasteiger partial charge < -0.3 is 15.3 Å². The Morgan fingerprint density at radius 2 is 2.25 bits per heavy atom. The van der Waals surface area contributed by atoms with Crippen molar-refractivity contribution < 1.29 is 9.90 Å². The molecule has 0 aromatic carbocycles. The standard InChI is InChI=1S/C14H24N4O2/c1-10-13(11(2)17(3)16-10)6-7-15-14(20)18-8-4-5-12(18)9-19/h12,19H,4-9H2,1-3H3,(H,15,20)/t12-/m0/s1. The van der Waals surface area contributed by atoms with E-state index in [4.69, 9.17) is 0 Å². The highest BCUT2D eigenvalue weighted by atomic mass is 16.3. The summed E-state index contributed by atoms with van der Waals surface area (Å²) in [4.78, 5) is 13.8. The Morgan fingerprint density at radius 1 is 1.50 bits per heavy atom. The molecule has 1 fully saturated rings. The number of carbonyl (C=O) groups is 1. The molecule has 2 amide bonds. The molecular weight excluding hydrogens is 256 g/mol. The summed E-state index contributed by atoms with van der Waals surface area (Å²) in [6.07, 6.45) is 2.65. The van der Waals surface area contributed by atoms with Gasteiger partial charge in [-0.05, 0) is 38.7 Å². The summed E-state index contributed by atoms with van der Waals surface area (Å²) in [7, 11) is 1.93. The number of nitrogens with zero attached hydrogens (tertiary/aromatic N) is 3. The number of hydrogen-bond donors (Lipinski definition) is 2. The fraction of sp³-hybridized carbons (Fsp3) is 0.714. The molecular formula is C14H24N4O2. The fourth-order valence-corrected chi connectivity index (χ4v) is 2.87. The highest BCUT2D eigenvalue weighted by molar-refractivity contribution is 5.74. The van der Waals surface area contributed by atoms with Crippen LogP contribution in [0.4, 0.5) is 4.79 Å². The fourth-order valence-electron chi connectivity index (χ4n) is 2.87. The van der Waals surface area contributed by atoms with Gasteiger partial charge in [0.25, 0.3) is 0 Å². The van der Waals surface area contributed by atoms with Crippen LogP contribution in [0.2, 0.25) is 0 Å². The van der Waals surface area contributed by atoms with E-state index in [9.17, 15) is 9.90 Å². The second-order valence-electron chi connectivity index (χ2n) is 5.43. The van der Waals surface area contributed by atoms with Crippen LogP contribution in [0, 0.1) is 13.8 Å². The van der Waals surface area contributed by atoms with Gasteiger partial charge in [-0.3, -0.25) is 4.68 Å². The Labute approximate surface area is 119 Å². The largest absolute Gasteiger partial charge is 0.394 e. The molecule has 6 heteroatoms. The van der Waals surface area contributed by atoms with E-state index in [0.717, 1.165) is 37.2 Å². The molecule has 0 spiro atoms. The minimum Gasteiger partial charge on any atom is -0.394 e. The zero-order valence-electron chi connectivity index (χ0n) is 12.5. The summed E-state index contributed by atoms with van der Waals surface area (Å²) in [5, 5.41) is 16.5. The third kappa shape index (κ3) is 2.95. The quantitative estimate of drug-likeness (QED) is 0.855. The highest BCUT2D eigenvalue weighted by Gasteiger charge is 2.27. The molecule has 2 N–H and O–H groups in total. The number of amides is 2. The van der Waals surface area contributed by atoms with E-state index >= 15 is 0 Å². The summed E-state index contributed by atoms with van der Waals surface area (Å²) in [5.41, 5.74) is 3.37. The van der Waals surface area contributed by atoms with Crippen molar-refractivity contribution in [3.63, 3.8) is 0 Å². The lowest BCUT2D eigenvalue weighted by atomic mass is 10.1. The van der Waals surface area contributed by atoms with Crippen LogP contribution in [-0.4, -0.2) is 51.6 Å². The zero-order valence-corrected chi connectivity index (χ0v) is 12.5. The first kappa shape index (κ1) is 14.8. The van der Waals surface area contributed by atoms with Crippen molar-refractivity contribution in [3.8, 4) is 0 Å². The van der Waals surface area contributed by atoms with E-state index in [0.29, 0.717) is 6.54 Å². The second-order valence-corrected chi connectivity index (χ2v) is 5.43. The van der Waals surface area contributed by atoms with Crippen LogP contribution in [0.3, 0.4) is 0 Å². The number of likely N-dealkylation sites (tertiary alicyclic amines) is 1. The van der Waals surface area contributed by atoms with Crippen LogP contribution >= 0.6 is 0 Å². The third-order valence-electron chi connectivity index (χ3n) is 4.16. The molecule has 20 heavy (non-hydrogen) atoms. The lowest BCUT2D eigenvalue weighted by Gasteiger charge is -2.23. The first-order valence-corrected chi connectivity index (χ1v) is 7.19. The molecule has 1 aliphatic rings. The zero-order chi connectivity index (χ0) is 14.7. The van der Waals surface area contributed by atoms with E-state index in [1.807, 2.05) is 25.6 Å². The maximum atomic E-state index is 12.1. The van der Waals surface area contributed by atoms with Crippen LogP contribution in [0.15, 0.2) is 0 Å². The molecule has 1 saturated heterocycles. The molecule has 1 atom stereocenters. The SMILES string of the molecule is Cc1nn(C)c(C)c1CCNC(=O)N1CCC[C@H]1CO. The molecule has 112 valence electrons. The first-order valence-electron chi connectivity index (χ1n) is 7.19. The average molecular weight is 280 g/mol. The van der Waals surface area contributed by atoms with E-state index in [1.54, 1.807) is 4.90 Å². The van der Waals surface area contributed by atoms with Crippen molar-refractivity contribution in [3.05, 3.63) is 17.0 Å². The lowest BCUT2D eigenvalue weighted by Crippen LogP contribution is -2.44. The Morgan fingerprint density at radius 3 is 2.85 bits per heavy atom. The van der Waals surface area contributed by atoms with Crippen molar-refractivity contribution in [1.29, 1.82) is 0 Å². The normalized spacial score (nSPS) is 18.6. The number of aryl methyl sites for hydroxylation is 2. The third-order valence-corrected chi connectivity index (χ3v) is 4.16. The van der Waals surface area contributed by atoms with Crippen molar-refractivity contribution in [2.45, 2.75) is 39.2 Å². The van der Waals surface area contributed by atoms with Crippen LogP contribution < -0.4 is 5.32 Å². The number of aromatic nitrogens is 2. The number of urea groups is 1. The van der Waals surface area contributed by atoms with Gasteiger partial charge in [0, 0.05) is 25.8 Å². The molecule has 2 rings (SSSR count). The van der Waals surface area contributed by atoms with E-state index in [1.165, 1.54) is 5.56 Å². The molecule has 0 unspecified atom stereocenters. The van der Waals surface area contributed by atoms with Gasteiger partial charge >= 0.3 is 6.03 Å². The number of aliphatic hydroxyl groups is 1. The van der Waals surface area contributed by atoms with Crippen LogP contribution in [0.25, 0.3) is 0 Å². The van der Waals surface area contributed by atoms with Crippen molar-refractivity contribution in [1.82, 2.24) is 20.0 Å². The summed E-state index contributed by atoms with van der Waals surface area (Å²) in [6.45, 7) is 5.42. The van der Waals surface area contributed by atoms with Gasteiger partial charge in [-0.25, -0.2) is 4.79 Å². The summed E-state index contributed by atoms with van der Waals surface area (Å²) in [5.74, 6) is 0. The van der Waals surface area contributed by atoms with Gasteiger partial charge in [-0.2, -0.15) is 5.10 Å². The second kappa shape index (κ2) is 6.26. The van der Waals surface area contributed by atoms with Crippen molar-refractivity contribution in [2.24, 2.45) is 7.05 Å². The number of aliphatic hydroxyl groups excluding tert-OH is 1. The number of rotatable bonds is 4. The Hall–Kier alpha value is -1.56. The summed E-state index contributed by atoms with van der Waals surface area (Å²) < 4.78 is 1.87. The van der Waals surface area contributed by atoms with Gasteiger partial charge in [0.2, 0.25) is 0 Å². The Bertz CT molecular complexity index is 484. The van der Waals surface area contributed by atoms with Gasteiger partial charge in [0.05, 0.1) is 18.3 Å². The monoisotopic (exact) mass is 280 g/mol. The minimum atomic E-state index is -0.0688. The minimum absolute atomic E-state index is 0.0168. The van der Waals surface area contributed by atoms with Gasteiger partial charge in [0.1, 0.15) is 0 Å². The lowest BCUT2D eigenvalue weighted by molar-refractivity contribution is 0.157. The summed E-state index contributed by atoms with van der Waals surface area (Å²) in [6, 6.07) is -0.0855. The molecule has 1 aromatic rings. The van der Waals surface area contributed by atoms with E-state index in [2.05, 4.69) is 10.4 Å². The summed E-state index contributed by atoms with van der Waals surface area (Å²) >= 11 is 0. The highest BCUT2D eigenvalue weighted by Crippen LogP contribution is 2.16. The Kier molecular flexibility index (Phi) is 4.65. The Balaban J connectivity index is 1.85.